The highest BCUT2D eigenvalue weighted by Crippen LogP contribution is 2.17. The summed E-state index contributed by atoms with van der Waals surface area (Å²) in [6.07, 6.45) is 4.59. The summed E-state index contributed by atoms with van der Waals surface area (Å²) in [4.78, 5) is 4.56. The molecule has 0 amide bonds. The molecule has 0 saturated carbocycles. The average molecular weight is 521 g/mol. The van der Waals surface area contributed by atoms with E-state index >= 15 is 0 Å². The van der Waals surface area contributed by atoms with Gasteiger partial charge in [0.1, 0.15) is 18.2 Å². The van der Waals surface area contributed by atoms with E-state index in [-0.39, 0.29) is 42.4 Å². The number of ether oxygens (including phenoxy) is 2. The zero-order chi connectivity index (χ0) is 19.6. The minimum Gasteiger partial charge on any atom is -0.489 e. The molecule has 0 radical (unpaired) electrons. The summed E-state index contributed by atoms with van der Waals surface area (Å²) in [6.45, 7) is 2.63. The second kappa shape index (κ2) is 12.6. The first-order valence-corrected chi connectivity index (χ1v) is 9.45. The molecule has 1 aromatic carbocycles. The van der Waals surface area contributed by atoms with Crippen LogP contribution in [-0.2, 0) is 11.2 Å². The molecule has 1 saturated heterocycles. The highest BCUT2D eigenvalue weighted by molar-refractivity contribution is 14.0. The monoisotopic (exact) mass is 521 g/mol. The topological polar surface area (TPSA) is 68.0 Å². The van der Waals surface area contributed by atoms with Crippen molar-refractivity contribution in [3.05, 3.63) is 54.0 Å². The molecule has 1 aromatic heterocycles. The second-order valence-corrected chi connectivity index (χ2v) is 6.43. The molecule has 6 nitrogen and oxygen atoms in total. The van der Waals surface area contributed by atoms with Gasteiger partial charge in [-0.15, -0.1) is 24.0 Å². The Balaban J connectivity index is 0.00000300. The molecule has 3 rings (SSSR count). The molecule has 160 valence electrons. The van der Waals surface area contributed by atoms with Crippen molar-refractivity contribution in [2.45, 2.75) is 25.4 Å². The molecule has 1 unspecified atom stereocenters. The predicted octanol–water partition coefficient (Wildman–Crippen LogP) is 3.51. The lowest BCUT2D eigenvalue weighted by molar-refractivity contribution is 0.117. The van der Waals surface area contributed by atoms with Crippen LogP contribution >= 0.6 is 24.0 Å². The van der Waals surface area contributed by atoms with Gasteiger partial charge in [0.2, 0.25) is 0 Å². The third kappa shape index (κ3) is 8.17. The minimum atomic E-state index is -0.719. The molecule has 1 aliphatic heterocycles. The molecule has 1 atom stereocenters. The molecule has 2 N–H and O–H groups in total. The van der Waals surface area contributed by atoms with Crippen molar-refractivity contribution in [3.63, 3.8) is 0 Å². The highest BCUT2D eigenvalue weighted by atomic mass is 127. The Morgan fingerprint density at radius 1 is 1.21 bits per heavy atom. The van der Waals surface area contributed by atoms with E-state index in [0.717, 1.165) is 43.8 Å². The third-order valence-electron chi connectivity index (χ3n) is 4.27. The van der Waals surface area contributed by atoms with Crippen molar-refractivity contribution < 1.29 is 22.7 Å². The quantitative estimate of drug-likeness (QED) is 0.229. The van der Waals surface area contributed by atoms with Crippen molar-refractivity contribution >= 4 is 29.9 Å². The van der Waals surface area contributed by atoms with Crippen molar-refractivity contribution in [2.75, 3.05) is 32.8 Å². The summed E-state index contributed by atoms with van der Waals surface area (Å²) in [7, 11) is 0. The van der Waals surface area contributed by atoms with Crippen molar-refractivity contribution in [3.8, 4) is 5.75 Å². The number of halogens is 3. The standard InChI is InChI=1S/C20H25F2N3O3.HI/c21-15-5-6-19(18(22)13-15)28-12-9-24-20(25-14-17-4-2-11-27-17)23-8-7-16-3-1-10-26-16;/h1,3,5-6,10,13,17H,2,4,7-9,11-12,14H2,(H2,23,24,25);1H. The predicted molar refractivity (Wildman–Crippen MR) is 117 cm³/mol. The normalized spacial score (nSPS) is 16.3. The summed E-state index contributed by atoms with van der Waals surface area (Å²) >= 11 is 0. The van der Waals surface area contributed by atoms with E-state index in [9.17, 15) is 8.78 Å². The molecule has 1 aliphatic rings. The van der Waals surface area contributed by atoms with E-state index in [1.807, 2.05) is 12.1 Å². The maximum atomic E-state index is 13.6. The number of nitrogens with zero attached hydrogens (tertiary/aromatic N) is 1. The SMILES string of the molecule is Fc1ccc(OCCNC(=NCC2CCCO2)NCCc2ccco2)c(F)c1.I. The van der Waals surface area contributed by atoms with Crippen molar-refractivity contribution in [2.24, 2.45) is 4.99 Å². The van der Waals surface area contributed by atoms with Gasteiger partial charge in [-0.3, -0.25) is 4.99 Å². The summed E-state index contributed by atoms with van der Waals surface area (Å²) in [5.41, 5.74) is 0. The number of nitrogens with one attached hydrogen (secondary N) is 2. The minimum absolute atomic E-state index is 0. The Bertz CT molecular complexity index is 753. The number of benzene rings is 1. The molecule has 0 bridgehead atoms. The first kappa shape index (κ1) is 23.4. The number of aliphatic imine (C=N–C) groups is 1. The number of guanidine groups is 1. The molecule has 2 heterocycles. The Kier molecular flexibility index (Phi) is 10.2. The molecule has 1 fully saturated rings. The van der Waals surface area contributed by atoms with E-state index in [1.54, 1.807) is 6.26 Å². The molecular formula is C20H26F2IN3O3. The van der Waals surface area contributed by atoms with Gasteiger partial charge in [-0.05, 0) is 37.1 Å². The van der Waals surface area contributed by atoms with Crippen LogP contribution in [0.4, 0.5) is 8.78 Å². The van der Waals surface area contributed by atoms with Gasteiger partial charge in [-0.2, -0.15) is 0 Å². The Morgan fingerprint density at radius 3 is 2.79 bits per heavy atom. The number of furan rings is 1. The van der Waals surface area contributed by atoms with Gasteiger partial charge in [0.05, 0.1) is 25.5 Å². The van der Waals surface area contributed by atoms with Gasteiger partial charge in [-0.1, -0.05) is 0 Å². The smallest absolute Gasteiger partial charge is 0.191 e. The zero-order valence-electron chi connectivity index (χ0n) is 16.0. The fraction of sp³-hybridized carbons (Fsp3) is 0.450. The number of hydrogen-bond donors (Lipinski definition) is 2. The second-order valence-electron chi connectivity index (χ2n) is 6.43. The van der Waals surface area contributed by atoms with Gasteiger partial charge >= 0.3 is 0 Å². The van der Waals surface area contributed by atoms with Gasteiger partial charge < -0.3 is 24.5 Å². The fourth-order valence-corrected chi connectivity index (χ4v) is 2.84. The van der Waals surface area contributed by atoms with E-state index in [2.05, 4.69) is 15.6 Å². The van der Waals surface area contributed by atoms with Crippen molar-refractivity contribution in [1.29, 1.82) is 0 Å². The van der Waals surface area contributed by atoms with Crippen molar-refractivity contribution in [1.82, 2.24) is 10.6 Å². The fourth-order valence-electron chi connectivity index (χ4n) is 2.84. The van der Waals surface area contributed by atoms with E-state index < -0.39 is 11.6 Å². The average Bonchev–Trinajstić information content (AvgIpc) is 3.38. The summed E-state index contributed by atoms with van der Waals surface area (Å²) in [6, 6.07) is 7.01. The zero-order valence-corrected chi connectivity index (χ0v) is 18.4. The van der Waals surface area contributed by atoms with Crippen LogP contribution in [0.5, 0.6) is 5.75 Å². The number of hydrogen-bond acceptors (Lipinski definition) is 4. The van der Waals surface area contributed by atoms with Crippen LogP contribution in [0.2, 0.25) is 0 Å². The van der Waals surface area contributed by atoms with Crippen LogP contribution in [0.3, 0.4) is 0 Å². The lowest BCUT2D eigenvalue weighted by Crippen LogP contribution is -2.40. The third-order valence-corrected chi connectivity index (χ3v) is 4.27. The molecule has 9 heteroatoms. The Hall–Kier alpha value is -1.88. The van der Waals surface area contributed by atoms with Crippen LogP contribution in [0, 0.1) is 11.6 Å². The van der Waals surface area contributed by atoms with Gasteiger partial charge in [-0.25, -0.2) is 8.78 Å². The van der Waals surface area contributed by atoms with E-state index in [0.29, 0.717) is 25.6 Å². The maximum Gasteiger partial charge on any atom is 0.191 e. The van der Waals surface area contributed by atoms with Gasteiger partial charge in [0.25, 0.3) is 0 Å². The highest BCUT2D eigenvalue weighted by Gasteiger charge is 2.15. The summed E-state index contributed by atoms with van der Waals surface area (Å²) < 4.78 is 42.8. The van der Waals surface area contributed by atoms with Gasteiger partial charge in [0.15, 0.2) is 17.5 Å². The maximum absolute atomic E-state index is 13.6. The molecule has 2 aromatic rings. The van der Waals surface area contributed by atoms with E-state index in [1.165, 1.54) is 6.07 Å². The summed E-state index contributed by atoms with van der Waals surface area (Å²) in [5.74, 6) is 0.189. The van der Waals surface area contributed by atoms with Crippen LogP contribution in [0.15, 0.2) is 46.0 Å². The summed E-state index contributed by atoms with van der Waals surface area (Å²) in [5, 5.41) is 6.40. The molecule has 0 aliphatic carbocycles. The van der Waals surface area contributed by atoms with Crippen LogP contribution in [0.25, 0.3) is 0 Å². The first-order valence-electron chi connectivity index (χ1n) is 9.45. The molecule has 29 heavy (non-hydrogen) atoms. The van der Waals surface area contributed by atoms with Crippen LogP contribution in [-0.4, -0.2) is 44.9 Å². The lowest BCUT2D eigenvalue weighted by atomic mass is 10.2. The Morgan fingerprint density at radius 2 is 2.07 bits per heavy atom. The largest absolute Gasteiger partial charge is 0.489 e. The number of rotatable bonds is 9. The molecule has 0 spiro atoms. The van der Waals surface area contributed by atoms with E-state index in [4.69, 9.17) is 13.9 Å². The van der Waals surface area contributed by atoms with Gasteiger partial charge in [0, 0.05) is 25.6 Å². The lowest BCUT2D eigenvalue weighted by Gasteiger charge is -2.14. The molecular weight excluding hydrogens is 495 g/mol. The first-order chi connectivity index (χ1) is 13.7. The van der Waals surface area contributed by atoms with Crippen LogP contribution in [0.1, 0.15) is 18.6 Å². The Labute approximate surface area is 186 Å². The van der Waals surface area contributed by atoms with Crippen LogP contribution < -0.4 is 15.4 Å².